The van der Waals surface area contributed by atoms with Gasteiger partial charge in [0.1, 0.15) is 13.2 Å². The van der Waals surface area contributed by atoms with E-state index < -0.39 is 6.10 Å². The predicted octanol–water partition coefficient (Wildman–Crippen LogP) is 20.0. The number of carbonyl (C=O) groups excluding carboxylic acids is 3. The fraction of sp³-hybridized carbons (Fsp3) is 0.855. The maximum atomic E-state index is 12.9. The van der Waals surface area contributed by atoms with Gasteiger partial charge >= 0.3 is 17.9 Å². The molecule has 398 valence electrons. The van der Waals surface area contributed by atoms with Crippen molar-refractivity contribution in [3.05, 3.63) is 36.5 Å². The molecule has 68 heavy (non-hydrogen) atoms. The number of rotatable bonds is 55. The molecule has 0 radical (unpaired) electrons. The van der Waals surface area contributed by atoms with Crippen molar-refractivity contribution in [3.8, 4) is 0 Å². The van der Waals surface area contributed by atoms with E-state index in [0.29, 0.717) is 19.3 Å². The second kappa shape index (κ2) is 57.2. The number of hydrogen-bond donors (Lipinski definition) is 0. The Morgan fingerprint density at radius 1 is 0.294 bits per heavy atom. The van der Waals surface area contributed by atoms with E-state index in [1.54, 1.807) is 0 Å². The van der Waals surface area contributed by atoms with Crippen LogP contribution >= 0.6 is 0 Å². The van der Waals surface area contributed by atoms with Crippen molar-refractivity contribution in [2.75, 3.05) is 13.2 Å². The van der Waals surface area contributed by atoms with Crippen molar-refractivity contribution in [3.63, 3.8) is 0 Å². The Labute approximate surface area is 423 Å². The number of carbonyl (C=O) groups is 3. The molecule has 1 atom stereocenters. The van der Waals surface area contributed by atoms with Gasteiger partial charge in [-0.25, -0.2) is 0 Å². The van der Waals surface area contributed by atoms with E-state index in [-0.39, 0.29) is 31.1 Å². The molecule has 0 aromatic rings. The monoisotopic (exact) mass is 955 g/mol. The van der Waals surface area contributed by atoms with Crippen LogP contribution < -0.4 is 0 Å². The number of allylic oxidation sites excluding steroid dienone is 6. The molecule has 6 nitrogen and oxygen atoms in total. The van der Waals surface area contributed by atoms with Crippen molar-refractivity contribution in [1.29, 1.82) is 0 Å². The van der Waals surface area contributed by atoms with E-state index in [1.807, 2.05) is 0 Å². The molecule has 0 saturated carbocycles. The van der Waals surface area contributed by atoms with E-state index in [0.717, 1.165) is 70.6 Å². The lowest BCUT2D eigenvalue weighted by atomic mass is 10.1. The van der Waals surface area contributed by atoms with E-state index >= 15 is 0 Å². The third-order valence-electron chi connectivity index (χ3n) is 13.4. The Hall–Kier alpha value is -2.37. The Kier molecular flexibility index (Phi) is 55.2. The van der Waals surface area contributed by atoms with Crippen LogP contribution in [0.4, 0.5) is 0 Å². The van der Waals surface area contributed by atoms with Gasteiger partial charge in [0, 0.05) is 19.3 Å². The van der Waals surface area contributed by atoms with Crippen LogP contribution in [0.5, 0.6) is 0 Å². The standard InChI is InChI=1S/C62H114O6/c1-4-7-10-13-16-19-22-24-26-28-30-31-32-34-35-37-40-43-46-49-52-55-61(64)67-58-59(57-66-60(63)54-51-48-45-42-39-21-18-15-12-9-6-3)68-62(65)56-53-50-47-44-41-38-36-33-29-27-25-23-20-17-14-11-8-5-2/h20,23,27-30,59H,4-19,21-22,24-26,31-58H2,1-3H3/b23-20-,29-27-,30-28-. The average molecular weight is 956 g/mol. The molecule has 0 amide bonds. The van der Waals surface area contributed by atoms with Gasteiger partial charge in [-0.1, -0.05) is 263 Å². The summed E-state index contributed by atoms with van der Waals surface area (Å²) >= 11 is 0. The minimum atomic E-state index is -0.774. The fourth-order valence-corrected chi connectivity index (χ4v) is 8.82. The van der Waals surface area contributed by atoms with Crippen LogP contribution in [-0.2, 0) is 28.6 Å². The van der Waals surface area contributed by atoms with Crippen molar-refractivity contribution in [2.45, 2.75) is 329 Å². The molecule has 0 aliphatic carbocycles. The summed E-state index contributed by atoms with van der Waals surface area (Å²) in [6.45, 7) is 6.65. The third kappa shape index (κ3) is 54.6. The predicted molar refractivity (Wildman–Crippen MR) is 293 cm³/mol. The van der Waals surface area contributed by atoms with Gasteiger partial charge in [-0.15, -0.1) is 0 Å². The molecule has 0 aromatic carbocycles. The SMILES string of the molecule is CCCCCC/C=C\C/C=C\CCCCCCCCCC(=O)OC(COC(=O)CCCCCCCCCCC/C=C\CCCCCCCCCC)COC(=O)CCCCCCCCCCCCC. The van der Waals surface area contributed by atoms with Gasteiger partial charge in [-0.2, -0.15) is 0 Å². The molecule has 0 rings (SSSR count). The average Bonchev–Trinajstić information content (AvgIpc) is 3.34. The second-order valence-corrected chi connectivity index (χ2v) is 20.3. The molecule has 0 bridgehead atoms. The second-order valence-electron chi connectivity index (χ2n) is 20.3. The molecule has 0 saturated heterocycles. The molecule has 6 heteroatoms. The van der Waals surface area contributed by atoms with Crippen molar-refractivity contribution >= 4 is 17.9 Å². The molecule has 0 heterocycles. The maximum absolute atomic E-state index is 12.9. The normalized spacial score (nSPS) is 12.2. The molecule has 0 aromatic heterocycles. The maximum Gasteiger partial charge on any atom is 0.306 e. The zero-order chi connectivity index (χ0) is 49.3. The smallest absolute Gasteiger partial charge is 0.306 e. The van der Waals surface area contributed by atoms with Crippen LogP contribution in [0.2, 0.25) is 0 Å². The number of unbranched alkanes of at least 4 members (excludes halogenated alkanes) is 38. The highest BCUT2D eigenvalue weighted by atomic mass is 16.6. The van der Waals surface area contributed by atoms with Crippen molar-refractivity contribution < 1.29 is 28.6 Å². The summed E-state index contributed by atoms with van der Waals surface area (Å²) in [5, 5.41) is 0. The van der Waals surface area contributed by atoms with Crippen LogP contribution in [0.3, 0.4) is 0 Å². The topological polar surface area (TPSA) is 78.9 Å². The van der Waals surface area contributed by atoms with Crippen molar-refractivity contribution in [1.82, 2.24) is 0 Å². The fourth-order valence-electron chi connectivity index (χ4n) is 8.82. The summed E-state index contributed by atoms with van der Waals surface area (Å²) < 4.78 is 16.9. The summed E-state index contributed by atoms with van der Waals surface area (Å²) in [6.07, 6.45) is 68.5. The van der Waals surface area contributed by atoms with Gasteiger partial charge in [0.05, 0.1) is 0 Å². The lowest BCUT2D eigenvalue weighted by molar-refractivity contribution is -0.167. The number of hydrogen-bond acceptors (Lipinski definition) is 6. The Morgan fingerprint density at radius 3 is 0.838 bits per heavy atom. The van der Waals surface area contributed by atoms with E-state index in [1.165, 1.54) is 212 Å². The van der Waals surface area contributed by atoms with Crippen LogP contribution in [0, 0.1) is 0 Å². The highest BCUT2D eigenvalue weighted by molar-refractivity contribution is 5.71. The first-order valence-corrected chi connectivity index (χ1v) is 30.0. The Balaban J connectivity index is 4.29. The van der Waals surface area contributed by atoms with Crippen LogP contribution in [0.1, 0.15) is 323 Å². The summed E-state index contributed by atoms with van der Waals surface area (Å²) in [6, 6.07) is 0. The molecule has 0 fully saturated rings. The van der Waals surface area contributed by atoms with Gasteiger partial charge in [-0.3, -0.25) is 14.4 Å². The van der Waals surface area contributed by atoms with Crippen molar-refractivity contribution in [2.24, 2.45) is 0 Å². The first-order valence-electron chi connectivity index (χ1n) is 30.0. The molecule has 0 aliphatic heterocycles. The van der Waals surface area contributed by atoms with Crippen LogP contribution in [-0.4, -0.2) is 37.2 Å². The van der Waals surface area contributed by atoms with Crippen LogP contribution in [0.15, 0.2) is 36.5 Å². The third-order valence-corrected chi connectivity index (χ3v) is 13.4. The Morgan fingerprint density at radius 2 is 0.529 bits per heavy atom. The minimum absolute atomic E-state index is 0.0725. The first-order chi connectivity index (χ1) is 33.5. The minimum Gasteiger partial charge on any atom is -0.462 e. The molecule has 0 N–H and O–H groups in total. The molecule has 0 aliphatic rings. The quantitative estimate of drug-likeness (QED) is 0.0262. The molecule has 0 spiro atoms. The van der Waals surface area contributed by atoms with Crippen LogP contribution in [0.25, 0.3) is 0 Å². The highest BCUT2D eigenvalue weighted by Crippen LogP contribution is 2.16. The Bertz CT molecular complexity index is 1140. The summed E-state index contributed by atoms with van der Waals surface area (Å²) in [4.78, 5) is 38.1. The summed E-state index contributed by atoms with van der Waals surface area (Å²) in [5.41, 5.74) is 0. The highest BCUT2D eigenvalue weighted by Gasteiger charge is 2.19. The number of ether oxygens (including phenoxy) is 3. The zero-order valence-electron chi connectivity index (χ0n) is 45.6. The summed E-state index contributed by atoms with van der Waals surface area (Å²) in [5.74, 6) is -0.865. The van der Waals surface area contributed by atoms with Gasteiger partial charge in [0.2, 0.25) is 0 Å². The van der Waals surface area contributed by atoms with E-state index in [9.17, 15) is 14.4 Å². The molecular formula is C62H114O6. The zero-order valence-corrected chi connectivity index (χ0v) is 45.6. The van der Waals surface area contributed by atoms with Gasteiger partial charge in [0.25, 0.3) is 0 Å². The summed E-state index contributed by atoms with van der Waals surface area (Å²) in [7, 11) is 0. The molecule has 1 unspecified atom stereocenters. The van der Waals surface area contributed by atoms with Gasteiger partial charge in [-0.05, 0) is 77.0 Å². The van der Waals surface area contributed by atoms with Gasteiger partial charge < -0.3 is 14.2 Å². The number of esters is 3. The first kappa shape index (κ1) is 65.6. The van der Waals surface area contributed by atoms with E-state index in [4.69, 9.17) is 14.2 Å². The lowest BCUT2D eigenvalue weighted by Gasteiger charge is -2.18. The largest absolute Gasteiger partial charge is 0.462 e. The lowest BCUT2D eigenvalue weighted by Crippen LogP contribution is -2.30. The molecular weight excluding hydrogens is 841 g/mol. The van der Waals surface area contributed by atoms with E-state index in [2.05, 4.69) is 57.2 Å². The van der Waals surface area contributed by atoms with Gasteiger partial charge in [0.15, 0.2) is 6.10 Å².